The van der Waals surface area contributed by atoms with Crippen LogP contribution in [0, 0.1) is 5.92 Å². The zero-order valence-corrected chi connectivity index (χ0v) is 12.9. The molecule has 0 saturated heterocycles. The fraction of sp³-hybridized carbons (Fsp3) is 0.500. The van der Waals surface area contributed by atoms with Crippen molar-refractivity contribution in [2.45, 2.75) is 39.8 Å². The number of allylic oxidation sites excluding steroid dienone is 1. The maximum atomic E-state index is 12.1. The summed E-state index contributed by atoms with van der Waals surface area (Å²) in [5.74, 6) is 0.0519. The highest BCUT2D eigenvalue weighted by Crippen LogP contribution is 2.25. The van der Waals surface area contributed by atoms with Gasteiger partial charge in [-0.1, -0.05) is 26.0 Å². The van der Waals surface area contributed by atoms with E-state index in [0.29, 0.717) is 12.5 Å². The predicted octanol–water partition coefficient (Wildman–Crippen LogP) is 2.53. The van der Waals surface area contributed by atoms with Gasteiger partial charge in [-0.05, 0) is 19.3 Å². The molecular weight excluding hydrogens is 266 g/mol. The van der Waals surface area contributed by atoms with Crippen molar-refractivity contribution in [3.8, 4) is 0 Å². The SMILES string of the molecule is CC1=C(O)C(=O)N(CCCn2ccnc2)C1/C=C/C(C)C. The zero-order chi connectivity index (χ0) is 15.4. The maximum absolute atomic E-state index is 12.1. The summed E-state index contributed by atoms with van der Waals surface area (Å²) in [5, 5.41) is 9.89. The molecule has 5 nitrogen and oxygen atoms in total. The average Bonchev–Trinajstić information content (AvgIpc) is 3.02. The van der Waals surface area contributed by atoms with Gasteiger partial charge in [0, 0.05) is 31.1 Å². The van der Waals surface area contributed by atoms with Crippen LogP contribution in [0.25, 0.3) is 0 Å². The highest BCUT2D eigenvalue weighted by molar-refractivity contribution is 5.95. The van der Waals surface area contributed by atoms with Crippen molar-refractivity contribution < 1.29 is 9.90 Å². The monoisotopic (exact) mass is 289 g/mol. The lowest BCUT2D eigenvalue weighted by Gasteiger charge is -2.23. The van der Waals surface area contributed by atoms with Crippen LogP contribution in [0.4, 0.5) is 0 Å². The smallest absolute Gasteiger partial charge is 0.289 e. The number of hydrogen-bond acceptors (Lipinski definition) is 3. The van der Waals surface area contributed by atoms with Crippen LogP contribution in [0.1, 0.15) is 27.2 Å². The first-order chi connectivity index (χ1) is 10.0. The van der Waals surface area contributed by atoms with Crippen molar-refractivity contribution in [1.29, 1.82) is 0 Å². The van der Waals surface area contributed by atoms with Crippen LogP contribution in [0.15, 0.2) is 42.2 Å². The molecular formula is C16H23N3O2. The molecule has 21 heavy (non-hydrogen) atoms. The molecule has 114 valence electrons. The van der Waals surface area contributed by atoms with E-state index < -0.39 is 0 Å². The molecule has 0 spiro atoms. The summed E-state index contributed by atoms with van der Waals surface area (Å²) in [7, 11) is 0. The van der Waals surface area contributed by atoms with Crippen LogP contribution in [-0.2, 0) is 11.3 Å². The van der Waals surface area contributed by atoms with Crippen molar-refractivity contribution >= 4 is 5.91 Å². The van der Waals surface area contributed by atoms with Crippen LogP contribution in [-0.4, -0.2) is 38.1 Å². The number of aliphatic hydroxyl groups excluding tert-OH is 1. The highest BCUT2D eigenvalue weighted by Gasteiger charge is 2.35. The molecule has 0 fully saturated rings. The number of carbonyl (C=O) groups is 1. The highest BCUT2D eigenvalue weighted by atomic mass is 16.3. The van der Waals surface area contributed by atoms with Crippen LogP contribution >= 0.6 is 0 Å². The third kappa shape index (κ3) is 3.54. The second-order valence-corrected chi connectivity index (χ2v) is 5.76. The van der Waals surface area contributed by atoms with E-state index in [1.807, 2.05) is 23.8 Å². The number of imidazole rings is 1. The Kier molecular flexibility index (Phi) is 4.83. The molecule has 0 aliphatic carbocycles. The average molecular weight is 289 g/mol. The number of amides is 1. The molecule has 1 amide bonds. The van der Waals surface area contributed by atoms with Gasteiger partial charge in [0.2, 0.25) is 0 Å². The van der Waals surface area contributed by atoms with E-state index in [-0.39, 0.29) is 17.7 Å². The standard InChI is InChI=1S/C16H23N3O2/c1-12(2)5-6-14-13(3)15(20)16(21)19(14)9-4-8-18-10-7-17-11-18/h5-7,10-12,14,20H,4,8-9H2,1-3H3/b6-5+. The topological polar surface area (TPSA) is 58.4 Å². The number of nitrogens with zero attached hydrogens (tertiary/aromatic N) is 3. The largest absolute Gasteiger partial charge is 0.503 e. The third-order valence-corrected chi connectivity index (χ3v) is 3.67. The molecule has 2 rings (SSSR count). The normalized spacial score (nSPS) is 19.5. The molecule has 5 heteroatoms. The molecule has 1 atom stereocenters. The first kappa shape index (κ1) is 15.4. The summed E-state index contributed by atoms with van der Waals surface area (Å²) < 4.78 is 1.99. The molecule has 1 unspecified atom stereocenters. The van der Waals surface area contributed by atoms with Crippen LogP contribution in [0.5, 0.6) is 0 Å². The van der Waals surface area contributed by atoms with Crippen molar-refractivity contribution in [2.75, 3.05) is 6.54 Å². The van der Waals surface area contributed by atoms with Gasteiger partial charge in [0.15, 0.2) is 5.76 Å². The van der Waals surface area contributed by atoms with Gasteiger partial charge in [0.25, 0.3) is 5.91 Å². The fourth-order valence-electron chi connectivity index (χ4n) is 2.46. The molecule has 1 aliphatic heterocycles. The molecule has 0 aromatic carbocycles. The van der Waals surface area contributed by atoms with Crippen LogP contribution in [0.3, 0.4) is 0 Å². The van der Waals surface area contributed by atoms with Gasteiger partial charge in [-0.2, -0.15) is 0 Å². The molecule has 0 saturated carbocycles. The van der Waals surface area contributed by atoms with Gasteiger partial charge in [-0.15, -0.1) is 0 Å². The van der Waals surface area contributed by atoms with E-state index in [4.69, 9.17) is 0 Å². The molecule has 0 bridgehead atoms. The number of aryl methyl sites for hydroxylation is 1. The predicted molar refractivity (Wildman–Crippen MR) is 81.7 cm³/mol. The first-order valence-electron chi connectivity index (χ1n) is 7.35. The minimum atomic E-state index is -0.267. The number of aromatic nitrogens is 2. The Morgan fingerprint density at radius 3 is 2.81 bits per heavy atom. The van der Waals surface area contributed by atoms with Crippen LogP contribution < -0.4 is 0 Å². The zero-order valence-electron chi connectivity index (χ0n) is 12.9. The van der Waals surface area contributed by atoms with Crippen molar-refractivity contribution in [1.82, 2.24) is 14.5 Å². The Hall–Kier alpha value is -2.04. The van der Waals surface area contributed by atoms with E-state index in [0.717, 1.165) is 18.5 Å². The summed E-state index contributed by atoms with van der Waals surface area (Å²) in [6.45, 7) is 7.43. The lowest BCUT2D eigenvalue weighted by atomic mass is 10.1. The van der Waals surface area contributed by atoms with Gasteiger partial charge in [-0.3, -0.25) is 4.79 Å². The van der Waals surface area contributed by atoms with Gasteiger partial charge >= 0.3 is 0 Å². The van der Waals surface area contributed by atoms with E-state index in [1.165, 1.54) is 0 Å². The number of aliphatic hydroxyl groups is 1. The fourth-order valence-corrected chi connectivity index (χ4v) is 2.46. The van der Waals surface area contributed by atoms with E-state index in [1.54, 1.807) is 17.4 Å². The molecule has 1 aromatic heterocycles. The minimum Gasteiger partial charge on any atom is -0.503 e. The Morgan fingerprint density at radius 2 is 2.19 bits per heavy atom. The van der Waals surface area contributed by atoms with Gasteiger partial charge in [0.05, 0.1) is 12.4 Å². The molecule has 1 aromatic rings. The van der Waals surface area contributed by atoms with Crippen LogP contribution in [0.2, 0.25) is 0 Å². The first-order valence-corrected chi connectivity index (χ1v) is 7.35. The third-order valence-electron chi connectivity index (χ3n) is 3.67. The second kappa shape index (κ2) is 6.61. The maximum Gasteiger partial charge on any atom is 0.289 e. The van der Waals surface area contributed by atoms with E-state index >= 15 is 0 Å². The number of hydrogen-bond donors (Lipinski definition) is 1. The number of rotatable bonds is 6. The Morgan fingerprint density at radius 1 is 1.43 bits per heavy atom. The Balaban J connectivity index is 2.00. The second-order valence-electron chi connectivity index (χ2n) is 5.76. The Bertz CT molecular complexity index is 544. The molecule has 1 N–H and O–H groups in total. The summed E-state index contributed by atoms with van der Waals surface area (Å²) >= 11 is 0. The molecule has 1 aliphatic rings. The molecule has 0 radical (unpaired) electrons. The van der Waals surface area contributed by atoms with E-state index in [2.05, 4.69) is 24.9 Å². The van der Waals surface area contributed by atoms with Crippen molar-refractivity contribution in [3.05, 3.63) is 42.2 Å². The minimum absolute atomic E-state index is 0.101. The lowest BCUT2D eigenvalue weighted by Crippen LogP contribution is -2.35. The number of carbonyl (C=O) groups excluding carboxylic acids is 1. The summed E-state index contributed by atoms with van der Waals surface area (Å²) in [6.07, 6.45) is 10.3. The summed E-state index contributed by atoms with van der Waals surface area (Å²) in [5.41, 5.74) is 0.736. The summed E-state index contributed by atoms with van der Waals surface area (Å²) in [4.78, 5) is 17.9. The van der Waals surface area contributed by atoms with Crippen molar-refractivity contribution in [2.24, 2.45) is 5.92 Å². The van der Waals surface area contributed by atoms with Gasteiger partial charge < -0.3 is 14.6 Å². The van der Waals surface area contributed by atoms with Gasteiger partial charge in [0.1, 0.15) is 0 Å². The summed E-state index contributed by atoms with van der Waals surface area (Å²) in [6, 6.07) is -0.123. The van der Waals surface area contributed by atoms with Crippen molar-refractivity contribution in [3.63, 3.8) is 0 Å². The van der Waals surface area contributed by atoms with Gasteiger partial charge in [-0.25, -0.2) is 4.98 Å². The lowest BCUT2D eigenvalue weighted by molar-refractivity contribution is -0.128. The van der Waals surface area contributed by atoms with E-state index in [9.17, 15) is 9.90 Å². The quantitative estimate of drug-likeness (QED) is 0.819. The molecule has 2 heterocycles. The Labute approximate surface area is 125 Å².